The lowest BCUT2D eigenvalue weighted by Crippen LogP contribution is -2.42. The van der Waals surface area contributed by atoms with Crippen molar-refractivity contribution in [2.45, 2.75) is 19.3 Å². The highest BCUT2D eigenvalue weighted by Gasteiger charge is 2.39. The van der Waals surface area contributed by atoms with Gasteiger partial charge in [0, 0.05) is 26.7 Å². The minimum Gasteiger partial charge on any atom is -0.383 e. The minimum absolute atomic E-state index is 0.507. The Morgan fingerprint density at radius 2 is 1.82 bits per heavy atom. The van der Waals surface area contributed by atoms with Crippen molar-refractivity contribution in [2.24, 2.45) is 12.5 Å². The summed E-state index contributed by atoms with van der Waals surface area (Å²) in [5.41, 5.74) is 7.39. The maximum absolute atomic E-state index is 6.07. The molecule has 2 aromatic heterocycles. The number of hydrogen-bond acceptors (Lipinski definition) is 6. The largest absolute Gasteiger partial charge is 0.383 e. The van der Waals surface area contributed by atoms with Gasteiger partial charge in [0.2, 0.25) is 5.95 Å². The number of nitrogens with zero attached hydrogens (tertiary/aromatic N) is 6. The summed E-state index contributed by atoms with van der Waals surface area (Å²) in [5.74, 6) is 1.27. The summed E-state index contributed by atoms with van der Waals surface area (Å²) in [4.78, 5) is 13.9. The average molecular weight is 301 g/mol. The van der Waals surface area contributed by atoms with Crippen LogP contribution in [0.1, 0.15) is 19.3 Å². The molecule has 7 heteroatoms. The molecule has 118 valence electrons. The van der Waals surface area contributed by atoms with Crippen LogP contribution in [-0.4, -0.2) is 57.9 Å². The number of nitrogens with two attached hydrogens (primary N) is 1. The van der Waals surface area contributed by atoms with Crippen molar-refractivity contribution in [3.63, 3.8) is 0 Å². The van der Waals surface area contributed by atoms with Gasteiger partial charge in [0.15, 0.2) is 5.65 Å². The van der Waals surface area contributed by atoms with Crippen molar-refractivity contribution in [3.8, 4) is 0 Å². The molecule has 2 fully saturated rings. The summed E-state index contributed by atoms with van der Waals surface area (Å²) in [7, 11) is 4.11. The standard InChI is InChI=1S/C15H23N7/c1-20-6-3-15(10-20)4-7-22(8-5-15)14-18-12(16)11-9-17-21(2)13(11)19-14/h9H,3-8,10H2,1-2H3,(H2,16,18,19). The zero-order valence-corrected chi connectivity index (χ0v) is 13.3. The molecule has 0 aromatic carbocycles. The van der Waals surface area contributed by atoms with Crippen LogP contribution in [0.5, 0.6) is 0 Å². The number of rotatable bonds is 1. The lowest BCUT2D eigenvalue weighted by atomic mass is 9.78. The molecule has 0 unspecified atom stereocenters. The highest BCUT2D eigenvalue weighted by atomic mass is 15.3. The number of anilines is 2. The summed E-state index contributed by atoms with van der Waals surface area (Å²) in [6.45, 7) is 4.47. The number of nitrogen functional groups attached to an aromatic ring is 1. The number of aryl methyl sites for hydroxylation is 1. The Labute approximate surface area is 130 Å². The molecule has 0 radical (unpaired) electrons. The molecule has 4 rings (SSSR count). The van der Waals surface area contributed by atoms with E-state index in [1.807, 2.05) is 7.05 Å². The molecular formula is C15H23N7. The SMILES string of the molecule is CN1CCC2(CCN(c3nc(N)c4cnn(C)c4n3)CC2)C1. The molecule has 2 aliphatic heterocycles. The first-order chi connectivity index (χ1) is 10.6. The summed E-state index contributed by atoms with van der Waals surface area (Å²) >= 11 is 0. The first kappa shape index (κ1) is 13.8. The van der Waals surface area contributed by atoms with Crippen LogP contribution in [0.25, 0.3) is 11.0 Å². The second-order valence-electron chi connectivity index (χ2n) is 6.89. The van der Waals surface area contributed by atoms with Crippen LogP contribution in [0.2, 0.25) is 0 Å². The fourth-order valence-corrected chi connectivity index (χ4v) is 3.92. The summed E-state index contributed by atoms with van der Waals surface area (Å²) < 4.78 is 1.76. The van der Waals surface area contributed by atoms with Gasteiger partial charge >= 0.3 is 0 Å². The average Bonchev–Trinajstić information content (AvgIpc) is 3.05. The minimum atomic E-state index is 0.507. The second kappa shape index (κ2) is 4.81. The molecule has 0 atom stereocenters. The topological polar surface area (TPSA) is 76.1 Å². The van der Waals surface area contributed by atoms with Crippen molar-refractivity contribution in [2.75, 3.05) is 43.9 Å². The number of fused-ring (bicyclic) bond motifs is 1. The van der Waals surface area contributed by atoms with Gasteiger partial charge in [-0.1, -0.05) is 0 Å². The molecule has 0 bridgehead atoms. The van der Waals surface area contributed by atoms with E-state index in [0.29, 0.717) is 11.2 Å². The van der Waals surface area contributed by atoms with Gasteiger partial charge in [0.05, 0.1) is 11.6 Å². The lowest BCUT2D eigenvalue weighted by Gasteiger charge is -2.39. The van der Waals surface area contributed by atoms with Gasteiger partial charge in [-0.15, -0.1) is 0 Å². The third-order valence-corrected chi connectivity index (χ3v) is 5.35. The van der Waals surface area contributed by atoms with Crippen LogP contribution in [0.15, 0.2) is 6.20 Å². The highest BCUT2D eigenvalue weighted by molar-refractivity contribution is 5.86. The number of piperidine rings is 1. The van der Waals surface area contributed by atoms with Crippen LogP contribution in [0.4, 0.5) is 11.8 Å². The van der Waals surface area contributed by atoms with Gasteiger partial charge in [-0.3, -0.25) is 4.68 Å². The quantitative estimate of drug-likeness (QED) is 0.842. The number of likely N-dealkylation sites (tertiary alicyclic amines) is 1. The fraction of sp³-hybridized carbons (Fsp3) is 0.667. The van der Waals surface area contributed by atoms with Gasteiger partial charge in [0.25, 0.3) is 0 Å². The number of hydrogen-bond donors (Lipinski definition) is 1. The molecule has 1 spiro atoms. The maximum Gasteiger partial charge on any atom is 0.229 e. The van der Waals surface area contributed by atoms with Crippen molar-refractivity contribution >= 4 is 22.8 Å². The normalized spacial score (nSPS) is 22.0. The molecule has 22 heavy (non-hydrogen) atoms. The van der Waals surface area contributed by atoms with Crippen LogP contribution in [0.3, 0.4) is 0 Å². The predicted octanol–water partition coefficient (Wildman–Crippen LogP) is 0.868. The molecule has 7 nitrogen and oxygen atoms in total. The van der Waals surface area contributed by atoms with Crippen LogP contribution >= 0.6 is 0 Å². The van der Waals surface area contributed by atoms with Crippen LogP contribution in [-0.2, 0) is 7.05 Å². The lowest BCUT2D eigenvalue weighted by molar-refractivity contribution is 0.221. The Morgan fingerprint density at radius 1 is 1.09 bits per heavy atom. The van der Waals surface area contributed by atoms with Gasteiger partial charge in [-0.25, -0.2) is 0 Å². The van der Waals surface area contributed by atoms with Crippen molar-refractivity contribution in [3.05, 3.63) is 6.20 Å². The van der Waals surface area contributed by atoms with Crippen LogP contribution in [0, 0.1) is 5.41 Å². The third-order valence-electron chi connectivity index (χ3n) is 5.35. The first-order valence-electron chi connectivity index (χ1n) is 7.95. The van der Waals surface area contributed by atoms with E-state index in [1.54, 1.807) is 10.9 Å². The van der Waals surface area contributed by atoms with Crippen molar-refractivity contribution < 1.29 is 0 Å². The molecule has 0 amide bonds. The number of aromatic nitrogens is 4. The summed E-state index contributed by atoms with van der Waals surface area (Å²) in [6.07, 6.45) is 5.48. The Balaban J connectivity index is 1.57. The molecule has 2 N–H and O–H groups in total. The van der Waals surface area contributed by atoms with E-state index in [1.165, 1.54) is 32.4 Å². The zero-order chi connectivity index (χ0) is 15.3. The Bertz CT molecular complexity index is 699. The van der Waals surface area contributed by atoms with Crippen molar-refractivity contribution in [1.29, 1.82) is 0 Å². The first-order valence-corrected chi connectivity index (χ1v) is 7.95. The van der Waals surface area contributed by atoms with Crippen LogP contribution < -0.4 is 10.6 Å². The molecule has 0 aliphatic carbocycles. The Hall–Kier alpha value is -1.89. The smallest absolute Gasteiger partial charge is 0.229 e. The van der Waals surface area contributed by atoms with Gasteiger partial charge in [0.1, 0.15) is 5.82 Å². The molecule has 4 heterocycles. The molecular weight excluding hydrogens is 278 g/mol. The zero-order valence-electron chi connectivity index (χ0n) is 13.3. The van der Waals surface area contributed by atoms with Gasteiger partial charge in [-0.05, 0) is 38.3 Å². The maximum atomic E-state index is 6.07. The van der Waals surface area contributed by atoms with E-state index in [2.05, 4.69) is 31.9 Å². The third kappa shape index (κ3) is 2.11. The highest BCUT2D eigenvalue weighted by Crippen LogP contribution is 2.40. The molecule has 2 aromatic rings. The van der Waals surface area contributed by atoms with E-state index in [0.717, 1.165) is 30.1 Å². The Kier molecular flexibility index (Phi) is 3.00. The molecule has 0 saturated carbocycles. The summed E-state index contributed by atoms with van der Waals surface area (Å²) in [5, 5.41) is 5.05. The Morgan fingerprint density at radius 3 is 2.50 bits per heavy atom. The van der Waals surface area contributed by atoms with E-state index in [9.17, 15) is 0 Å². The fourth-order valence-electron chi connectivity index (χ4n) is 3.92. The molecule has 2 saturated heterocycles. The van der Waals surface area contributed by atoms with E-state index in [4.69, 9.17) is 5.73 Å². The van der Waals surface area contributed by atoms with E-state index in [-0.39, 0.29) is 0 Å². The molecule has 2 aliphatic rings. The predicted molar refractivity (Wildman–Crippen MR) is 86.7 cm³/mol. The van der Waals surface area contributed by atoms with E-state index >= 15 is 0 Å². The summed E-state index contributed by atoms with van der Waals surface area (Å²) in [6, 6.07) is 0. The van der Waals surface area contributed by atoms with Gasteiger partial charge < -0.3 is 15.5 Å². The van der Waals surface area contributed by atoms with Gasteiger partial charge in [-0.2, -0.15) is 15.1 Å². The van der Waals surface area contributed by atoms with E-state index < -0.39 is 0 Å². The second-order valence-corrected chi connectivity index (χ2v) is 6.89. The monoisotopic (exact) mass is 301 g/mol. The van der Waals surface area contributed by atoms with Crippen molar-refractivity contribution in [1.82, 2.24) is 24.6 Å².